The van der Waals surface area contributed by atoms with Gasteiger partial charge in [0.2, 0.25) is 0 Å². The smallest absolute Gasteiger partial charge is 0.323 e. The van der Waals surface area contributed by atoms with E-state index >= 15 is 8.78 Å². The maximum absolute atomic E-state index is 15.7. The Morgan fingerprint density at radius 1 is 1.21 bits per heavy atom. The Morgan fingerprint density at radius 3 is 2.55 bits per heavy atom. The Morgan fingerprint density at radius 2 is 1.97 bits per heavy atom. The first-order valence-electron chi connectivity index (χ1n) is 9.26. The van der Waals surface area contributed by atoms with Crippen molar-refractivity contribution in [3.8, 4) is 0 Å². The molecule has 1 aromatic carbocycles. The minimum absolute atomic E-state index is 0.237. The second kappa shape index (κ2) is 9.51. The number of aromatic nitrogens is 5. The number of halogens is 5. The van der Waals surface area contributed by atoms with Crippen molar-refractivity contribution in [2.24, 2.45) is 5.73 Å². The molecule has 0 aliphatic heterocycles. The molecule has 12 heteroatoms. The highest BCUT2D eigenvalue weighted by Crippen LogP contribution is 2.46. The van der Waals surface area contributed by atoms with Crippen LogP contribution in [0.2, 0.25) is 0 Å². The van der Waals surface area contributed by atoms with Crippen LogP contribution in [0.15, 0.2) is 72.8 Å². The summed E-state index contributed by atoms with van der Waals surface area (Å²) in [5.41, 5.74) is 1.09. The Hall–Kier alpha value is -3.57. The van der Waals surface area contributed by atoms with Gasteiger partial charge in [-0.1, -0.05) is 30.3 Å². The maximum Gasteiger partial charge on any atom is 0.323 e. The van der Waals surface area contributed by atoms with Crippen molar-refractivity contribution in [1.29, 1.82) is 0 Å². The highest BCUT2D eigenvalue weighted by molar-refractivity contribution is 6.31. The molecule has 0 aliphatic carbocycles. The summed E-state index contributed by atoms with van der Waals surface area (Å²) in [4.78, 5) is 3.75. The third-order valence-corrected chi connectivity index (χ3v) is 4.99. The zero-order chi connectivity index (χ0) is 24.2. The summed E-state index contributed by atoms with van der Waals surface area (Å²) in [6.07, 6.45) is 6.19. The molecule has 3 aromatic rings. The first-order chi connectivity index (χ1) is 15.6. The molecule has 1 unspecified atom stereocenters. The van der Waals surface area contributed by atoms with Crippen LogP contribution in [0.25, 0.3) is 5.57 Å². The molecule has 2 aromatic heterocycles. The maximum atomic E-state index is 15.7. The second-order valence-corrected chi connectivity index (χ2v) is 7.34. The van der Waals surface area contributed by atoms with Gasteiger partial charge in [-0.05, 0) is 45.8 Å². The molecule has 0 fully saturated rings. The van der Waals surface area contributed by atoms with Crippen molar-refractivity contribution in [3.63, 3.8) is 0 Å². The minimum Gasteiger partial charge on any atom is -0.403 e. The van der Waals surface area contributed by atoms with E-state index in [-0.39, 0.29) is 5.03 Å². The third kappa shape index (κ3) is 4.94. The summed E-state index contributed by atoms with van der Waals surface area (Å²) in [5.74, 6) is -6.52. The molecule has 0 aliphatic rings. The van der Waals surface area contributed by atoms with Crippen molar-refractivity contribution in [2.75, 3.05) is 0 Å². The van der Waals surface area contributed by atoms with Crippen molar-refractivity contribution in [2.45, 2.75) is 18.1 Å². The Balaban J connectivity index is 2.03. The van der Waals surface area contributed by atoms with Gasteiger partial charge in [0, 0.05) is 24.0 Å². The molecule has 3 rings (SSSR count). The first kappa shape index (κ1) is 24.1. The van der Waals surface area contributed by atoms with Gasteiger partial charge in [0.15, 0.2) is 5.60 Å². The predicted molar refractivity (Wildman–Crippen MR) is 113 cm³/mol. The fourth-order valence-electron chi connectivity index (χ4n) is 2.98. The average Bonchev–Trinajstić information content (AvgIpc) is 3.29. The van der Waals surface area contributed by atoms with Gasteiger partial charge < -0.3 is 10.8 Å². The van der Waals surface area contributed by atoms with Crippen molar-refractivity contribution < 1.29 is 22.7 Å². The normalized spacial score (nSPS) is 14.4. The van der Waals surface area contributed by atoms with Crippen molar-refractivity contribution in [1.82, 2.24) is 25.2 Å². The van der Waals surface area contributed by atoms with Gasteiger partial charge in [0.05, 0.1) is 11.6 Å². The number of allylic oxidation sites excluding steroid dienone is 4. The molecule has 0 radical (unpaired) electrons. The molecular weight excluding hydrogens is 464 g/mol. The van der Waals surface area contributed by atoms with E-state index in [0.717, 1.165) is 41.6 Å². The minimum atomic E-state index is -4.15. The van der Waals surface area contributed by atoms with Crippen LogP contribution < -0.4 is 5.73 Å². The summed E-state index contributed by atoms with van der Waals surface area (Å²) in [7, 11) is 0. The molecule has 7 nitrogen and oxygen atoms in total. The monoisotopic (exact) mass is 480 g/mol. The largest absolute Gasteiger partial charge is 0.403 e. The van der Waals surface area contributed by atoms with E-state index in [9.17, 15) is 13.9 Å². The summed E-state index contributed by atoms with van der Waals surface area (Å²) in [6, 6.07) is 4.14. The number of nitrogens with two attached hydrogens (primary N) is 1. The fraction of sp³-hybridized carbons (Fsp3) is 0.143. The van der Waals surface area contributed by atoms with Crippen LogP contribution in [-0.2, 0) is 18.1 Å². The number of pyridine rings is 1. The van der Waals surface area contributed by atoms with E-state index in [0.29, 0.717) is 17.2 Å². The topological polar surface area (TPSA) is 103 Å². The number of benzene rings is 1. The number of nitrogens with zero attached hydrogens (tertiary/aromatic N) is 5. The van der Waals surface area contributed by atoms with E-state index < -0.39 is 41.0 Å². The lowest BCUT2D eigenvalue weighted by Crippen LogP contribution is -2.48. The number of hydrogen-bond acceptors (Lipinski definition) is 6. The quantitative estimate of drug-likeness (QED) is 0.377. The fourth-order valence-corrected chi connectivity index (χ4v) is 3.04. The van der Waals surface area contributed by atoms with Gasteiger partial charge in [0.25, 0.3) is 0 Å². The molecule has 1 atom stereocenters. The molecule has 3 N–H and O–H groups in total. The molecule has 2 heterocycles. The zero-order valence-electron chi connectivity index (χ0n) is 16.8. The van der Waals surface area contributed by atoms with Gasteiger partial charge in [-0.15, -0.1) is 5.10 Å². The summed E-state index contributed by atoms with van der Waals surface area (Å²) in [5, 5.41) is 21.5. The van der Waals surface area contributed by atoms with Gasteiger partial charge >= 0.3 is 5.92 Å². The molecule has 0 saturated heterocycles. The van der Waals surface area contributed by atoms with Gasteiger partial charge in [-0.2, -0.15) is 8.78 Å². The van der Waals surface area contributed by atoms with Crippen LogP contribution >= 0.6 is 11.6 Å². The van der Waals surface area contributed by atoms with Crippen molar-refractivity contribution in [3.05, 3.63) is 101 Å². The average molecular weight is 481 g/mol. The van der Waals surface area contributed by atoms with Crippen LogP contribution in [0.1, 0.15) is 16.8 Å². The first-order valence-corrected chi connectivity index (χ1v) is 9.64. The molecule has 0 spiro atoms. The standard InChI is InChI=1S/C21H17ClF4N6O/c1-13(2-4-15(22)9-27)14-3-7-19(28-10-14)21(25,26)20(33,11-32-12-29-30-31-32)17-6-5-16(23)8-18(17)24/h2-10,12,33H,1,11,27H2/b4-2-,15-9+. The number of aliphatic hydroxyl groups is 1. The van der Waals surface area contributed by atoms with Crippen LogP contribution in [0.5, 0.6) is 0 Å². The van der Waals surface area contributed by atoms with E-state index in [1.165, 1.54) is 18.2 Å². The summed E-state index contributed by atoms with van der Waals surface area (Å²) in [6.45, 7) is 2.84. The Labute approximate surface area is 190 Å². The Kier molecular flexibility index (Phi) is 6.94. The number of tetrazole rings is 1. The van der Waals surface area contributed by atoms with Crippen LogP contribution in [0.4, 0.5) is 17.6 Å². The number of hydrogen-bond donors (Lipinski definition) is 2. The predicted octanol–water partition coefficient (Wildman–Crippen LogP) is 3.63. The Bertz CT molecular complexity index is 1200. The third-order valence-electron chi connectivity index (χ3n) is 4.74. The van der Waals surface area contributed by atoms with Crippen LogP contribution in [0.3, 0.4) is 0 Å². The number of rotatable bonds is 8. The molecule has 172 valence electrons. The lowest BCUT2D eigenvalue weighted by atomic mass is 9.84. The lowest BCUT2D eigenvalue weighted by Gasteiger charge is -2.35. The molecule has 0 amide bonds. The molecule has 0 saturated carbocycles. The van der Waals surface area contributed by atoms with Gasteiger partial charge in [-0.3, -0.25) is 4.98 Å². The van der Waals surface area contributed by atoms with Gasteiger partial charge in [0.1, 0.15) is 23.7 Å². The van der Waals surface area contributed by atoms with E-state index in [1.54, 1.807) is 0 Å². The van der Waals surface area contributed by atoms with Gasteiger partial charge in [-0.25, -0.2) is 13.5 Å². The SMILES string of the molecule is C=C(/C=C\C(Cl)=C/N)c1ccc(C(F)(F)C(O)(Cn2cnnn2)c2ccc(F)cc2F)nc1. The van der Waals surface area contributed by atoms with E-state index in [1.807, 2.05) is 0 Å². The molecule has 0 bridgehead atoms. The highest BCUT2D eigenvalue weighted by Gasteiger charge is 2.57. The van der Waals surface area contributed by atoms with Crippen molar-refractivity contribution >= 4 is 17.2 Å². The van der Waals surface area contributed by atoms with Crippen LogP contribution in [-0.4, -0.2) is 30.3 Å². The lowest BCUT2D eigenvalue weighted by molar-refractivity contribution is -0.207. The zero-order valence-corrected chi connectivity index (χ0v) is 17.6. The van der Waals surface area contributed by atoms with E-state index in [2.05, 4.69) is 27.1 Å². The number of alkyl halides is 2. The molecular formula is C21H17ClF4N6O. The molecule has 33 heavy (non-hydrogen) atoms. The summed E-state index contributed by atoms with van der Waals surface area (Å²) >= 11 is 5.77. The summed E-state index contributed by atoms with van der Waals surface area (Å²) < 4.78 is 60.0. The highest BCUT2D eigenvalue weighted by atomic mass is 35.5. The van der Waals surface area contributed by atoms with E-state index in [4.69, 9.17) is 17.3 Å². The van der Waals surface area contributed by atoms with Crippen LogP contribution in [0, 0.1) is 11.6 Å². The second-order valence-electron chi connectivity index (χ2n) is 6.91.